The van der Waals surface area contributed by atoms with E-state index in [1.165, 1.54) is 24.8 Å². The first-order valence-electron chi connectivity index (χ1n) is 9.32. The van der Waals surface area contributed by atoms with Crippen molar-refractivity contribution in [1.82, 2.24) is 0 Å². The fraction of sp³-hybridized carbons (Fsp3) is 0.714. The lowest BCUT2D eigenvalue weighted by Gasteiger charge is -2.56. The summed E-state index contributed by atoms with van der Waals surface area (Å²) in [5, 5.41) is 9.72. The Balaban J connectivity index is 1.59. The highest BCUT2D eigenvalue weighted by molar-refractivity contribution is 5.92. The third kappa shape index (κ3) is 1.57. The van der Waals surface area contributed by atoms with Gasteiger partial charge >= 0.3 is 0 Å². The van der Waals surface area contributed by atoms with Crippen LogP contribution in [0.2, 0.25) is 0 Å². The molecule has 23 heavy (non-hydrogen) atoms. The molecule has 0 saturated heterocycles. The number of ketones is 1. The zero-order valence-electron chi connectivity index (χ0n) is 14.1. The maximum atomic E-state index is 11.8. The van der Waals surface area contributed by atoms with Gasteiger partial charge < -0.3 is 0 Å². The van der Waals surface area contributed by atoms with Crippen LogP contribution < -0.4 is 0 Å². The fourth-order valence-electron chi connectivity index (χ4n) is 7.20. The largest absolute Gasteiger partial charge is 0.295 e. The maximum absolute atomic E-state index is 11.8. The Bertz CT molecular complexity index is 697. The summed E-state index contributed by atoms with van der Waals surface area (Å²) in [5.74, 6) is 4.05. The van der Waals surface area contributed by atoms with Crippen LogP contribution >= 0.6 is 0 Å². The third-order valence-corrected chi connectivity index (χ3v) is 8.45. The highest BCUT2D eigenvalue weighted by Gasteiger charge is 2.69. The lowest BCUT2D eigenvalue weighted by Crippen LogP contribution is -2.50. The van der Waals surface area contributed by atoms with Gasteiger partial charge in [-0.2, -0.15) is 5.26 Å². The summed E-state index contributed by atoms with van der Waals surface area (Å²) >= 11 is 0. The Morgan fingerprint density at radius 1 is 1.26 bits per heavy atom. The van der Waals surface area contributed by atoms with Gasteiger partial charge in [-0.1, -0.05) is 26.0 Å². The van der Waals surface area contributed by atoms with Crippen molar-refractivity contribution < 1.29 is 4.79 Å². The molecule has 0 radical (unpaired) electrons. The molecule has 0 aromatic heterocycles. The first-order valence-corrected chi connectivity index (χ1v) is 9.32. The zero-order valence-corrected chi connectivity index (χ0v) is 14.1. The SMILES string of the molecule is C[C@]12CCC(=O)C=C1C=C[C@H]1[C@@H]3[C@H]4C[C@H]4C(C#N)[C@@]3(C)CC[C@@H]12. The van der Waals surface area contributed by atoms with Crippen molar-refractivity contribution in [2.24, 2.45) is 46.3 Å². The van der Waals surface area contributed by atoms with E-state index in [4.69, 9.17) is 0 Å². The Labute approximate surface area is 138 Å². The molecule has 1 unspecified atom stereocenters. The molecule has 3 fully saturated rings. The number of carbonyl (C=O) groups is 1. The van der Waals surface area contributed by atoms with Crippen molar-refractivity contribution in [2.75, 3.05) is 0 Å². The fourth-order valence-corrected chi connectivity index (χ4v) is 7.20. The highest BCUT2D eigenvalue weighted by atomic mass is 16.1. The molecule has 0 amide bonds. The van der Waals surface area contributed by atoms with E-state index in [2.05, 4.69) is 32.1 Å². The second kappa shape index (κ2) is 4.18. The minimum absolute atomic E-state index is 0.184. The summed E-state index contributed by atoms with van der Waals surface area (Å²) in [4.78, 5) is 11.8. The molecule has 5 aliphatic rings. The van der Waals surface area contributed by atoms with E-state index >= 15 is 0 Å². The van der Waals surface area contributed by atoms with E-state index in [0.29, 0.717) is 35.9 Å². The zero-order chi connectivity index (χ0) is 16.0. The summed E-state index contributed by atoms with van der Waals surface area (Å²) in [6.07, 6.45) is 12.0. The van der Waals surface area contributed by atoms with Crippen LogP contribution in [0.25, 0.3) is 0 Å². The summed E-state index contributed by atoms with van der Waals surface area (Å²) in [6, 6.07) is 2.68. The molecule has 3 saturated carbocycles. The van der Waals surface area contributed by atoms with E-state index in [-0.39, 0.29) is 16.7 Å². The third-order valence-electron chi connectivity index (χ3n) is 8.45. The van der Waals surface area contributed by atoms with Gasteiger partial charge in [-0.25, -0.2) is 0 Å². The normalized spacial score (nSPS) is 55.9. The molecule has 0 spiro atoms. The summed E-state index contributed by atoms with van der Waals surface area (Å²) < 4.78 is 0. The van der Waals surface area contributed by atoms with E-state index < -0.39 is 0 Å². The van der Waals surface area contributed by atoms with E-state index in [0.717, 1.165) is 12.3 Å². The van der Waals surface area contributed by atoms with E-state index in [1.54, 1.807) is 0 Å². The van der Waals surface area contributed by atoms with Crippen molar-refractivity contribution >= 4 is 5.78 Å². The minimum atomic E-state index is 0.184. The first kappa shape index (κ1) is 14.0. The number of hydrogen-bond acceptors (Lipinski definition) is 2. The van der Waals surface area contributed by atoms with Crippen LogP contribution in [-0.2, 0) is 4.79 Å². The Morgan fingerprint density at radius 3 is 2.87 bits per heavy atom. The molecule has 5 aliphatic carbocycles. The van der Waals surface area contributed by atoms with E-state index in [9.17, 15) is 10.1 Å². The average molecular weight is 307 g/mol. The van der Waals surface area contributed by atoms with E-state index in [1.807, 2.05) is 6.08 Å². The molecule has 0 N–H and O–H groups in total. The van der Waals surface area contributed by atoms with Gasteiger partial charge in [-0.05, 0) is 77.8 Å². The lowest BCUT2D eigenvalue weighted by atomic mass is 9.48. The highest BCUT2D eigenvalue weighted by Crippen LogP contribution is 2.74. The van der Waals surface area contributed by atoms with Crippen LogP contribution in [-0.4, -0.2) is 5.78 Å². The van der Waals surface area contributed by atoms with Crippen LogP contribution in [0.1, 0.15) is 46.0 Å². The monoisotopic (exact) mass is 307 g/mol. The number of nitrogens with zero attached hydrogens (tertiary/aromatic N) is 1. The van der Waals surface area contributed by atoms with Crippen LogP contribution in [0.4, 0.5) is 0 Å². The quantitative estimate of drug-likeness (QED) is 0.670. The predicted octanol–water partition coefficient (Wildman–Crippen LogP) is 4.29. The molecule has 5 rings (SSSR count). The van der Waals surface area contributed by atoms with Crippen molar-refractivity contribution in [1.29, 1.82) is 5.26 Å². The van der Waals surface area contributed by atoms with Crippen molar-refractivity contribution in [2.45, 2.75) is 46.0 Å². The van der Waals surface area contributed by atoms with Gasteiger partial charge in [-0.15, -0.1) is 0 Å². The topological polar surface area (TPSA) is 40.9 Å². The summed E-state index contributed by atoms with van der Waals surface area (Å²) in [7, 11) is 0. The van der Waals surface area contributed by atoms with Gasteiger partial charge in [0, 0.05) is 6.42 Å². The molecule has 0 bridgehead atoms. The lowest BCUT2D eigenvalue weighted by molar-refractivity contribution is -0.116. The Morgan fingerprint density at radius 2 is 2.09 bits per heavy atom. The van der Waals surface area contributed by atoms with Crippen LogP contribution in [0.15, 0.2) is 23.8 Å². The number of fused-ring (bicyclic) bond motifs is 7. The molecule has 0 heterocycles. The van der Waals surface area contributed by atoms with Gasteiger partial charge in [0.25, 0.3) is 0 Å². The molecule has 0 aromatic carbocycles. The van der Waals surface area contributed by atoms with Gasteiger partial charge in [0.15, 0.2) is 5.78 Å². The minimum Gasteiger partial charge on any atom is -0.295 e. The van der Waals surface area contributed by atoms with Crippen LogP contribution in [0.5, 0.6) is 0 Å². The van der Waals surface area contributed by atoms with Gasteiger partial charge in [-0.3, -0.25) is 4.79 Å². The number of carbonyl (C=O) groups excluding carboxylic acids is 1. The molecule has 8 atom stereocenters. The standard InChI is InChI=1S/C21H25NO/c1-20-7-5-13(23)9-12(20)3-4-14-17(20)6-8-21(2)18(11-22)15-10-16(15)19(14)21/h3-4,9,14-19H,5-8,10H2,1-2H3/t14-,15-,16+,17+,18?,19-,20+,21-/m1/s1. The number of allylic oxidation sites excluding steroid dienone is 4. The Hall–Kier alpha value is -1.36. The number of rotatable bonds is 0. The Kier molecular flexibility index (Phi) is 2.55. The molecule has 120 valence electrons. The van der Waals surface area contributed by atoms with Crippen molar-refractivity contribution in [3.63, 3.8) is 0 Å². The van der Waals surface area contributed by atoms with Gasteiger partial charge in [0.1, 0.15) is 0 Å². The molecular formula is C21H25NO. The first-order chi connectivity index (χ1) is 11.0. The number of nitriles is 1. The smallest absolute Gasteiger partial charge is 0.156 e. The predicted molar refractivity (Wildman–Crippen MR) is 88.1 cm³/mol. The molecule has 2 heteroatoms. The van der Waals surface area contributed by atoms with Crippen molar-refractivity contribution in [3.05, 3.63) is 23.8 Å². The van der Waals surface area contributed by atoms with Gasteiger partial charge in [0.05, 0.1) is 12.0 Å². The van der Waals surface area contributed by atoms with Gasteiger partial charge in [0.2, 0.25) is 0 Å². The summed E-state index contributed by atoms with van der Waals surface area (Å²) in [5.41, 5.74) is 1.69. The van der Waals surface area contributed by atoms with Crippen molar-refractivity contribution in [3.8, 4) is 6.07 Å². The van der Waals surface area contributed by atoms with Crippen LogP contribution in [0.3, 0.4) is 0 Å². The second-order valence-corrected chi connectivity index (χ2v) is 9.27. The number of hydrogen-bond donors (Lipinski definition) is 0. The second-order valence-electron chi connectivity index (χ2n) is 9.27. The molecule has 0 aliphatic heterocycles. The molecule has 0 aromatic rings. The van der Waals surface area contributed by atoms with Crippen LogP contribution in [0, 0.1) is 57.7 Å². The average Bonchev–Trinajstić information content (AvgIpc) is 3.23. The molecule has 2 nitrogen and oxygen atoms in total. The summed E-state index contributed by atoms with van der Waals surface area (Å²) in [6.45, 7) is 4.80. The maximum Gasteiger partial charge on any atom is 0.156 e. The molecular weight excluding hydrogens is 282 g/mol.